The van der Waals surface area contributed by atoms with Crippen LogP contribution >= 0.6 is 0 Å². The molecule has 1 aliphatic heterocycles. The van der Waals surface area contributed by atoms with Gasteiger partial charge in [-0.15, -0.1) is 10.2 Å². The van der Waals surface area contributed by atoms with E-state index in [0.717, 1.165) is 24.5 Å². The number of halogens is 3. The summed E-state index contributed by atoms with van der Waals surface area (Å²) in [5.74, 6) is -2.11. The van der Waals surface area contributed by atoms with E-state index in [1.165, 1.54) is 10.5 Å². The van der Waals surface area contributed by atoms with Crippen molar-refractivity contribution in [1.82, 2.24) is 19.7 Å². The van der Waals surface area contributed by atoms with Gasteiger partial charge in [0.15, 0.2) is 17.5 Å². The molecule has 0 aliphatic carbocycles. The Bertz CT molecular complexity index is 1220. The third-order valence-electron chi connectivity index (χ3n) is 6.17. The van der Waals surface area contributed by atoms with Crippen LogP contribution in [0, 0.1) is 17.5 Å². The lowest BCUT2D eigenvalue weighted by Crippen LogP contribution is -2.53. The van der Waals surface area contributed by atoms with E-state index in [2.05, 4.69) is 16.3 Å². The van der Waals surface area contributed by atoms with Gasteiger partial charge >= 0.3 is 6.09 Å². The molecule has 1 aromatic heterocycles. The van der Waals surface area contributed by atoms with Crippen molar-refractivity contribution in [3.05, 3.63) is 70.8 Å². The summed E-state index contributed by atoms with van der Waals surface area (Å²) >= 11 is 0. The van der Waals surface area contributed by atoms with Gasteiger partial charge in [-0.1, -0.05) is 24.3 Å². The zero-order valence-corrected chi connectivity index (χ0v) is 19.4. The molecule has 0 bridgehead atoms. The van der Waals surface area contributed by atoms with Crippen molar-refractivity contribution in [2.45, 2.75) is 64.6 Å². The summed E-state index contributed by atoms with van der Waals surface area (Å²) in [6.07, 6.45) is 0.537. The van der Waals surface area contributed by atoms with Crippen molar-refractivity contribution in [3.63, 3.8) is 0 Å². The van der Waals surface area contributed by atoms with Crippen molar-refractivity contribution in [3.8, 4) is 11.4 Å². The molecule has 9 heteroatoms. The van der Waals surface area contributed by atoms with E-state index in [4.69, 9.17) is 0 Å². The Morgan fingerprint density at radius 3 is 2.50 bits per heavy atom. The van der Waals surface area contributed by atoms with Crippen molar-refractivity contribution in [1.29, 1.82) is 0 Å². The van der Waals surface area contributed by atoms with E-state index in [1.807, 2.05) is 22.8 Å². The Balaban J connectivity index is 1.75. The van der Waals surface area contributed by atoms with Crippen LogP contribution in [-0.4, -0.2) is 42.4 Å². The summed E-state index contributed by atoms with van der Waals surface area (Å²) in [7, 11) is 0. The van der Waals surface area contributed by atoms with E-state index in [0.29, 0.717) is 24.3 Å². The number of benzene rings is 2. The van der Waals surface area contributed by atoms with Crippen molar-refractivity contribution in [2.24, 2.45) is 0 Å². The molecule has 4 rings (SSSR count). The van der Waals surface area contributed by atoms with Crippen LogP contribution in [0.2, 0.25) is 0 Å². The second-order valence-corrected chi connectivity index (χ2v) is 9.60. The Morgan fingerprint density at radius 1 is 1.09 bits per heavy atom. The van der Waals surface area contributed by atoms with Gasteiger partial charge in [0.05, 0.1) is 0 Å². The molecule has 180 valence electrons. The number of nitrogens with zero attached hydrogens (tertiary/aromatic N) is 4. The fourth-order valence-electron chi connectivity index (χ4n) is 4.73. The lowest BCUT2D eigenvalue weighted by Gasteiger charge is -2.39. The van der Waals surface area contributed by atoms with Gasteiger partial charge < -0.3 is 9.67 Å². The number of rotatable bonds is 5. The second-order valence-electron chi connectivity index (χ2n) is 9.60. The molecule has 0 saturated carbocycles. The SMILES string of the molecule is CC(C)(C)N(C(=O)O)[C@H](Cc1cc(F)c(F)cc1F)Cc1nnc2n1CCCc1ccccc1-2. The molecule has 3 aromatic rings. The first-order valence-corrected chi connectivity index (χ1v) is 11.2. The Labute approximate surface area is 196 Å². The summed E-state index contributed by atoms with van der Waals surface area (Å²) in [4.78, 5) is 13.5. The van der Waals surface area contributed by atoms with Gasteiger partial charge in [0.2, 0.25) is 0 Å². The number of hydrogen-bond acceptors (Lipinski definition) is 3. The topological polar surface area (TPSA) is 71.2 Å². The van der Waals surface area contributed by atoms with Gasteiger partial charge in [-0.2, -0.15) is 0 Å². The Kier molecular flexibility index (Phi) is 6.38. The highest BCUT2D eigenvalue weighted by atomic mass is 19.2. The standard InChI is InChI=1S/C25H27F3N4O2/c1-25(2,3)32(24(33)34)17(11-16-12-20(27)21(28)14-19(16)26)13-22-29-30-23-18-9-5-4-7-15(18)8-6-10-31(22)23/h4-5,7,9,12,14,17H,6,8,10-11,13H2,1-3H3,(H,33,34)/t17-/m1/s1. The number of amides is 1. The highest BCUT2D eigenvalue weighted by molar-refractivity contribution is 5.66. The molecule has 0 spiro atoms. The molecule has 2 heterocycles. The number of hydrogen-bond donors (Lipinski definition) is 1. The van der Waals surface area contributed by atoms with Crippen LogP contribution in [0.1, 0.15) is 44.1 Å². The first kappa shape index (κ1) is 23.8. The Hall–Kier alpha value is -3.36. The van der Waals surface area contributed by atoms with Crippen molar-refractivity contribution < 1.29 is 23.1 Å². The predicted octanol–water partition coefficient (Wildman–Crippen LogP) is 5.24. The Morgan fingerprint density at radius 2 is 1.79 bits per heavy atom. The monoisotopic (exact) mass is 472 g/mol. The summed E-state index contributed by atoms with van der Waals surface area (Å²) in [6, 6.07) is 8.45. The molecule has 0 radical (unpaired) electrons. The molecule has 0 fully saturated rings. The average Bonchev–Trinajstić information content (AvgIpc) is 3.03. The molecule has 1 aliphatic rings. The quantitative estimate of drug-likeness (QED) is 0.516. The highest BCUT2D eigenvalue weighted by Gasteiger charge is 2.35. The van der Waals surface area contributed by atoms with Crippen LogP contribution in [0.15, 0.2) is 36.4 Å². The minimum Gasteiger partial charge on any atom is -0.465 e. The largest absolute Gasteiger partial charge is 0.465 e. The van der Waals surface area contributed by atoms with Gasteiger partial charge in [-0.05, 0) is 57.2 Å². The fourth-order valence-corrected chi connectivity index (χ4v) is 4.73. The minimum atomic E-state index is -1.29. The average molecular weight is 473 g/mol. The number of aryl methyl sites for hydroxylation is 1. The smallest absolute Gasteiger partial charge is 0.408 e. The van der Waals surface area contributed by atoms with Crippen molar-refractivity contribution >= 4 is 6.09 Å². The maximum atomic E-state index is 14.5. The highest BCUT2D eigenvalue weighted by Crippen LogP contribution is 2.30. The normalized spacial score (nSPS) is 14.2. The molecule has 34 heavy (non-hydrogen) atoms. The molecule has 0 unspecified atom stereocenters. The molecule has 1 amide bonds. The van der Waals surface area contributed by atoms with E-state index in [-0.39, 0.29) is 18.4 Å². The third kappa shape index (κ3) is 4.64. The molecule has 2 aromatic carbocycles. The lowest BCUT2D eigenvalue weighted by molar-refractivity contribution is 0.0687. The molecular weight excluding hydrogens is 445 g/mol. The van der Waals surface area contributed by atoms with Crippen LogP contribution in [0.4, 0.5) is 18.0 Å². The number of aromatic nitrogens is 3. The van der Waals surface area contributed by atoms with Crippen LogP contribution in [-0.2, 0) is 25.8 Å². The first-order chi connectivity index (χ1) is 16.1. The summed E-state index contributed by atoms with van der Waals surface area (Å²) < 4.78 is 43.9. The lowest BCUT2D eigenvalue weighted by atomic mass is 9.95. The molecule has 0 saturated heterocycles. The van der Waals surface area contributed by atoms with Gasteiger partial charge in [0.25, 0.3) is 0 Å². The van der Waals surface area contributed by atoms with Crippen LogP contribution < -0.4 is 0 Å². The zero-order chi connectivity index (χ0) is 24.6. The van der Waals surface area contributed by atoms with Crippen molar-refractivity contribution in [2.75, 3.05) is 0 Å². The van der Waals surface area contributed by atoms with Gasteiger partial charge in [-0.25, -0.2) is 18.0 Å². The molecule has 1 N–H and O–H groups in total. The number of fused-ring (bicyclic) bond motifs is 3. The van der Waals surface area contributed by atoms with Crippen LogP contribution in [0.3, 0.4) is 0 Å². The maximum absolute atomic E-state index is 14.5. The summed E-state index contributed by atoms with van der Waals surface area (Å²) in [6.45, 7) is 5.85. The molecular formula is C25H27F3N4O2. The predicted molar refractivity (Wildman–Crippen MR) is 121 cm³/mol. The summed E-state index contributed by atoms with van der Waals surface area (Å²) in [5, 5.41) is 18.8. The number of carboxylic acid groups (broad SMARTS) is 1. The first-order valence-electron chi connectivity index (χ1n) is 11.2. The van der Waals surface area contributed by atoms with E-state index >= 15 is 0 Å². The van der Waals surface area contributed by atoms with Gasteiger partial charge in [0.1, 0.15) is 11.6 Å². The van der Waals surface area contributed by atoms with E-state index in [9.17, 15) is 23.1 Å². The van der Waals surface area contributed by atoms with E-state index < -0.39 is 35.1 Å². The van der Waals surface area contributed by atoms with Crippen LogP contribution in [0.5, 0.6) is 0 Å². The second kappa shape index (κ2) is 9.12. The molecule has 1 atom stereocenters. The van der Waals surface area contributed by atoms with Gasteiger partial charge in [0, 0.05) is 36.2 Å². The number of carbonyl (C=O) groups is 1. The summed E-state index contributed by atoms with van der Waals surface area (Å²) in [5.41, 5.74) is 1.22. The maximum Gasteiger partial charge on any atom is 0.408 e. The third-order valence-corrected chi connectivity index (χ3v) is 6.17. The zero-order valence-electron chi connectivity index (χ0n) is 19.4. The van der Waals surface area contributed by atoms with Gasteiger partial charge in [-0.3, -0.25) is 4.90 Å². The molecule has 6 nitrogen and oxygen atoms in total. The van der Waals surface area contributed by atoms with E-state index in [1.54, 1.807) is 20.8 Å². The fraction of sp³-hybridized carbons (Fsp3) is 0.400. The van der Waals surface area contributed by atoms with Crippen LogP contribution in [0.25, 0.3) is 11.4 Å². The minimum absolute atomic E-state index is 0.0969.